The van der Waals surface area contributed by atoms with Gasteiger partial charge in [0.15, 0.2) is 0 Å². The average Bonchev–Trinajstić information content (AvgIpc) is 2.90. The second-order valence-electron chi connectivity index (χ2n) is 8.95. The van der Waals surface area contributed by atoms with Crippen LogP contribution in [-0.4, -0.2) is 52.9 Å². The fraction of sp³-hybridized carbons (Fsp3) is 0.483. The first-order valence-electron chi connectivity index (χ1n) is 12.4. The third kappa shape index (κ3) is 8.08. The van der Waals surface area contributed by atoms with E-state index in [0.717, 1.165) is 23.3 Å². The highest BCUT2D eigenvalue weighted by atomic mass is 16.7. The monoisotopic (exact) mass is 498 g/mol. The fourth-order valence-electron chi connectivity index (χ4n) is 4.26. The minimum absolute atomic E-state index is 0.134. The van der Waals surface area contributed by atoms with Crippen LogP contribution in [-0.2, 0) is 32.0 Å². The zero-order chi connectivity index (χ0) is 25.8. The first kappa shape index (κ1) is 27.7. The number of cyclic esters (lactones) is 1. The molecule has 2 aromatic rings. The van der Waals surface area contributed by atoms with Crippen LogP contribution < -0.4 is 9.47 Å². The summed E-state index contributed by atoms with van der Waals surface area (Å²) in [5, 5.41) is 0. The van der Waals surface area contributed by atoms with Gasteiger partial charge in [-0.25, -0.2) is 4.79 Å². The number of allylic oxidation sites excluding steroid dienone is 2. The number of hydrogen-bond donors (Lipinski definition) is 0. The topological polar surface area (TPSA) is 72.5 Å². The lowest BCUT2D eigenvalue weighted by Gasteiger charge is -2.28. The van der Waals surface area contributed by atoms with Gasteiger partial charge >= 0.3 is 5.97 Å². The van der Waals surface area contributed by atoms with Gasteiger partial charge in [0.1, 0.15) is 30.0 Å². The molecule has 196 valence electrons. The van der Waals surface area contributed by atoms with E-state index in [1.807, 2.05) is 36.4 Å². The van der Waals surface area contributed by atoms with E-state index in [1.165, 1.54) is 0 Å². The second-order valence-corrected chi connectivity index (χ2v) is 8.95. The molecule has 1 aliphatic rings. The molecule has 36 heavy (non-hydrogen) atoms. The summed E-state index contributed by atoms with van der Waals surface area (Å²) in [6.07, 6.45) is 6.26. The number of benzene rings is 2. The van der Waals surface area contributed by atoms with Crippen molar-refractivity contribution >= 4 is 5.97 Å². The van der Waals surface area contributed by atoms with Gasteiger partial charge in [-0.2, -0.15) is 0 Å². The molecule has 0 amide bonds. The van der Waals surface area contributed by atoms with Crippen LogP contribution in [0.5, 0.6) is 11.5 Å². The summed E-state index contributed by atoms with van der Waals surface area (Å²) in [5.41, 5.74) is 2.40. The molecule has 0 saturated carbocycles. The van der Waals surface area contributed by atoms with E-state index in [0.29, 0.717) is 43.8 Å². The summed E-state index contributed by atoms with van der Waals surface area (Å²) in [6, 6.07) is 13.4. The zero-order valence-corrected chi connectivity index (χ0v) is 21.7. The van der Waals surface area contributed by atoms with Crippen molar-refractivity contribution in [3.8, 4) is 11.5 Å². The molecule has 0 radical (unpaired) electrons. The number of methoxy groups -OCH3 is 3. The maximum atomic E-state index is 13.4. The normalized spacial score (nSPS) is 21.4. The average molecular weight is 499 g/mol. The minimum atomic E-state index is -0.394. The summed E-state index contributed by atoms with van der Waals surface area (Å²) in [7, 11) is 4.81. The Morgan fingerprint density at radius 2 is 1.81 bits per heavy atom. The SMILES string of the molecule is COCO[C@@H]1CC(CCOCc2ccc(OC)cc2)OC(=O)c2c(cccc2OC)C/C=C/C[C@@H]1C. The molecule has 0 saturated heterocycles. The highest BCUT2D eigenvalue weighted by molar-refractivity contribution is 5.94. The third-order valence-electron chi connectivity index (χ3n) is 6.36. The summed E-state index contributed by atoms with van der Waals surface area (Å²) in [5.74, 6) is 1.15. The molecule has 0 bridgehead atoms. The van der Waals surface area contributed by atoms with E-state index in [1.54, 1.807) is 27.4 Å². The molecule has 0 aromatic heterocycles. The molecular weight excluding hydrogens is 460 g/mol. The van der Waals surface area contributed by atoms with Crippen molar-refractivity contribution in [2.24, 2.45) is 5.92 Å². The van der Waals surface area contributed by atoms with E-state index >= 15 is 0 Å². The molecular formula is C29H38O7. The molecule has 0 fully saturated rings. The third-order valence-corrected chi connectivity index (χ3v) is 6.36. The van der Waals surface area contributed by atoms with Gasteiger partial charge in [-0.15, -0.1) is 0 Å². The van der Waals surface area contributed by atoms with Gasteiger partial charge < -0.3 is 28.4 Å². The van der Waals surface area contributed by atoms with E-state index in [2.05, 4.69) is 19.1 Å². The molecule has 0 aliphatic carbocycles. The summed E-state index contributed by atoms with van der Waals surface area (Å²) in [4.78, 5) is 13.4. The molecule has 1 aliphatic heterocycles. The first-order valence-corrected chi connectivity index (χ1v) is 12.4. The van der Waals surface area contributed by atoms with Crippen molar-refractivity contribution in [3.63, 3.8) is 0 Å². The predicted octanol–water partition coefficient (Wildman–Crippen LogP) is 5.35. The Hall–Kier alpha value is -2.87. The summed E-state index contributed by atoms with van der Waals surface area (Å²) < 4.78 is 33.9. The molecule has 3 atom stereocenters. The van der Waals surface area contributed by atoms with E-state index in [-0.39, 0.29) is 24.9 Å². The van der Waals surface area contributed by atoms with Crippen LogP contribution in [0.15, 0.2) is 54.6 Å². The molecule has 1 unspecified atom stereocenters. The Bertz CT molecular complexity index is 970. The predicted molar refractivity (Wildman–Crippen MR) is 137 cm³/mol. The van der Waals surface area contributed by atoms with Crippen molar-refractivity contribution in [3.05, 3.63) is 71.3 Å². The van der Waals surface area contributed by atoms with Gasteiger partial charge in [-0.05, 0) is 48.1 Å². The van der Waals surface area contributed by atoms with Crippen molar-refractivity contribution in [1.29, 1.82) is 0 Å². The summed E-state index contributed by atoms with van der Waals surface area (Å²) in [6.45, 7) is 3.23. The zero-order valence-electron chi connectivity index (χ0n) is 21.7. The van der Waals surface area contributed by atoms with Crippen LogP contribution in [0.3, 0.4) is 0 Å². The summed E-state index contributed by atoms with van der Waals surface area (Å²) >= 11 is 0. The highest BCUT2D eigenvalue weighted by Gasteiger charge is 2.28. The van der Waals surface area contributed by atoms with Crippen molar-refractivity contribution in [1.82, 2.24) is 0 Å². The van der Waals surface area contributed by atoms with Gasteiger partial charge in [0.2, 0.25) is 0 Å². The number of esters is 1. The Balaban J connectivity index is 1.75. The fourth-order valence-corrected chi connectivity index (χ4v) is 4.26. The number of carbonyl (C=O) groups is 1. The Morgan fingerprint density at radius 3 is 2.53 bits per heavy atom. The number of ether oxygens (including phenoxy) is 6. The van der Waals surface area contributed by atoms with Gasteiger partial charge in [0, 0.05) is 20.0 Å². The highest BCUT2D eigenvalue weighted by Crippen LogP contribution is 2.28. The number of rotatable bonds is 10. The largest absolute Gasteiger partial charge is 0.497 e. The second kappa shape index (κ2) is 14.6. The molecule has 1 heterocycles. The Labute approximate surface area is 214 Å². The number of fused-ring (bicyclic) bond motifs is 1. The molecule has 0 N–H and O–H groups in total. The van der Waals surface area contributed by atoms with Crippen LogP contribution >= 0.6 is 0 Å². The smallest absolute Gasteiger partial charge is 0.342 e. The number of hydrogen-bond acceptors (Lipinski definition) is 7. The molecule has 3 rings (SSSR count). The maximum Gasteiger partial charge on any atom is 0.342 e. The van der Waals surface area contributed by atoms with Crippen LogP contribution in [0, 0.1) is 5.92 Å². The lowest BCUT2D eigenvalue weighted by Crippen LogP contribution is -2.32. The van der Waals surface area contributed by atoms with Gasteiger partial charge in [-0.1, -0.05) is 43.3 Å². The minimum Gasteiger partial charge on any atom is -0.497 e. The van der Waals surface area contributed by atoms with Crippen molar-refractivity contribution in [2.75, 3.05) is 34.7 Å². The molecule has 7 heteroatoms. The van der Waals surface area contributed by atoms with Crippen LogP contribution in [0.1, 0.15) is 47.7 Å². The van der Waals surface area contributed by atoms with E-state index in [9.17, 15) is 4.79 Å². The van der Waals surface area contributed by atoms with Crippen LogP contribution in [0.25, 0.3) is 0 Å². The van der Waals surface area contributed by atoms with Crippen LogP contribution in [0.4, 0.5) is 0 Å². The van der Waals surface area contributed by atoms with Gasteiger partial charge in [-0.3, -0.25) is 0 Å². The molecule has 7 nitrogen and oxygen atoms in total. The van der Waals surface area contributed by atoms with Crippen LogP contribution in [0.2, 0.25) is 0 Å². The standard InChI is InChI=1S/C29H38O7/c1-21-8-5-6-9-23-10-7-11-26(33-4)28(23)29(30)36-25(18-27(21)35-20-31-2)16-17-34-19-22-12-14-24(32-3)15-13-22/h5-7,10-15,21,25,27H,8-9,16-20H2,1-4H3/b6-5+/t21-,25?,27+/m0/s1. The van der Waals surface area contributed by atoms with Gasteiger partial charge in [0.05, 0.1) is 33.5 Å². The first-order chi connectivity index (χ1) is 17.5. The molecule has 0 spiro atoms. The van der Waals surface area contributed by atoms with Crippen molar-refractivity contribution in [2.45, 2.75) is 51.4 Å². The number of carbonyl (C=O) groups excluding carboxylic acids is 1. The lowest BCUT2D eigenvalue weighted by molar-refractivity contribution is -0.104. The Kier molecular flexibility index (Phi) is 11.3. The van der Waals surface area contributed by atoms with E-state index in [4.69, 9.17) is 28.4 Å². The maximum absolute atomic E-state index is 13.4. The van der Waals surface area contributed by atoms with E-state index < -0.39 is 5.97 Å². The van der Waals surface area contributed by atoms with Gasteiger partial charge in [0.25, 0.3) is 0 Å². The quantitative estimate of drug-likeness (QED) is 0.189. The lowest BCUT2D eigenvalue weighted by atomic mass is 9.93. The van der Waals surface area contributed by atoms with Crippen molar-refractivity contribution < 1.29 is 33.2 Å². The Morgan fingerprint density at radius 1 is 1.00 bits per heavy atom. The molecule has 2 aromatic carbocycles.